The van der Waals surface area contributed by atoms with Gasteiger partial charge in [0.25, 0.3) is 5.91 Å². The van der Waals surface area contributed by atoms with Crippen molar-refractivity contribution in [2.75, 3.05) is 25.0 Å². The van der Waals surface area contributed by atoms with Gasteiger partial charge in [-0.15, -0.1) is 0 Å². The van der Waals surface area contributed by atoms with Crippen LogP contribution < -0.4 is 15.4 Å². The lowest BCUT2D eigenvalue weighted by molar-refractivity contribution is -0.135. The van der Waals surface area contributed by atoms with Gasteiger partial charge < -0.3 is 15.5 Å². The molecule has 0 radical (unpaired) electrons. The van der Waals surface area contributed by atoms with Crippen molar-refractivity contribution >= 4 is 38.3 Å². The zero-order valence-corrected chi connectivity index (χ0v) is 22.6. The number of piperidine rings is 1. The number of anilines is 1. The molecule has 39 heavy (non-hydrogen) atoms. The molecule has 0 unspecified atom stereocenters. The van der Waals surface area contributed by atoms with E-state index in [9.17, 15) is 18.0 Å². The molecule has 2 heterocycles. The maximum Gasteiger partial charge on any atom is 0.255 e. The van der Waals surface area contributed by atoms with Crippen molar-refractivity contribution in [3.05, 3.63) is 71.8 Å². The summed E-state index contributed by atoms with van der Waals surface area (Å²) in [5.74, 6) is -0.155. The Hall–Kier alpha value is -3.27. The second kappa shape index (κ2) is 11.9. The summed E-state index contributed by atoms with van der Waals surface area (Å²) in [7, 11) is -3.86. The van der Waals surface area contributed by atoms with Gasteiger partial charge >= 0.3 is 0 Å². The monoisotopic (exact) mass is 550 g/mol. The predicted molar refractivity (Wildman–Crippen MR) is 155 cm³/mol. The summed E-state index contributed by atoms with van der Waals surface area (Å²) in [5.41, 5.74) is 1.98. The van der Waals surface area contributed by atoms with Gasteiger partial charge in [0, 0.05) is 41.2 Å². The number of rotatable bonds is 6. The number of amides is 2. The first kappa shape index (κ1) is 28.7. The first-order valence-corrected chi connectivity index (χ1v) is 14.7. The van der Waals surface area contributed by atoms with E-state index in [2.05, 4.69) is 15.4 Å². The Morgan fingerprint density at radius 1 is 0.974 bits per heavy atom. The van der Waals surface area contributed by atoms with Crippen molar-refractivity contribution < 1.29 is 18.0 Å². The molecule has 208 valence electrons. The number of carbonyl (C=O) groups excluding carboxylic acids is 2. The van der Waals surface area contributed by atoms with Crippen LogP contribution in [0.5, 0.6) is 0 Å². The maximum absolute atomic E-state index is 13.6. The van der Waals surface area contributed by atoms with Crippen molar-refractivity contribution in [3.8, 4) is 0 Å². The highest BCUT2D eigenvalue weighted by molar-refractivity contribution is 7.89. The number of hydrogen-bond acceptors (Lipinski definition) is 5. The van der Waals surface area contributed by atoms with Crippen molar-refractivity contribution in [2.45, 2.75) is 57.5 Å². The summed E-state index contributed by atoms with van der Waals surface area (Å²) in [6, 6.07) is 17.3. The van der Waals surface area contributed by atoms with Crippen molar-refractivity contribution in [1.29, 1.82) is 0 Å². The SMILES string of the molecule is C.Cc1ccccc1C(=O)Nc1cccc2c(S(=O)(=O)N[C@H]3CCN(C(=O)[C@@H]4CCCN4)C[C@@H]3C)cccc12. The summed E-state index contributed by atoms with van der Waals surface area (Å²) < 4.78 is 30.1. The molecule has 0 saturated carbocycles. The van der Waals surface area contributed by atoms with Gasteiger partial charge in [-0.1, -0.05) is 56.8 Å². The average Bonchev–Trinajstić information content (AvgIpc) is 3.44. The summed E-state index contributed by atoms with van der Waals surface area (Å²) in [5, 5.41) is 7.39. The van der Waals surface area contributed by atoms with Crippen LogP contribution in [0.4, 0.5) is 5.69 Å². The van der Waals surface area contributed by atoms with E-state index in [1.165, 1.54) is 0 Å². The summed E-state index contributed by atoms with van der Waals surface area (Å²) in [6.45, 7) is 5.77. The lowest BCUT2D eigenvalue weighted by Crippen LogP contribution is -2.54. The molecule has 2 fully saturated rings. The Labute approximate surface area is 231 Å². The van der Waals surface area contributed by atoms with E-state index in [-0.39, 0.29) is 42.1 Å². The third-order valence-corrected chi connectivity index (χ3v) is 9.24. The second-order valence-electron chi connectivity index (χ2n) is 10.4. The van der Waals surface area contributed by atoms with Crippen molar-refractivity contribution in [1.82, 2.24) is 14.9 Å². The van der Waals surface area contributed by atoms with Gasteiger partial charge in [0.1, 0.15) is 0 Å². The molecule has 5 rings (SSSR count). The number of hydrogen-bond donors (Lipinski definition) is 3. The number of benzene rings is 3. The normalized spacial score (nSPS) is 21.4. The number of nitrogens with one attached hydrogen (secondary N) is 3. The number of carbonyl (C=O) groups is 2. The molecule has 8 nitrogen and oxygen atoms in total. The molecule has 2 aliphatic rings. The minimum absolute atomic E-state index is 0. The second-order valence-corrected chi connectivity index (χ2v) is 12.0. The molecule has 2 saturated heterocycles. The molecule has 3 atom stereocenters. The zero-order valence-electron chi connectivity index (χ0n) is 21.7. The Morgan fingerprint density at radius 2 is 1.72 bits per heavy atom. The quantitative estimate of drug-likeness (QED) is 0.424. The van der Waals surface area contributed by atoms with E-state index in [0.29, 0.717) is 41.5 Å². The third kappa shape index (κ3) is 6.00. The van der Waals surface area contributed by atoms with Crippen LogP contribution >= 0.6 is 0 Å². The molecule has 3 N–H and O–H groups in total. The Bertz CT molecular complexity index is 1470. The topological polar surface area (TPSA) is 108 Å². The van der Waals surface area contributed by atoms with E-state index >= 15 is 0 Å². The molecule has 0 bridgehead atoms. The van der Waals surface area contributed by atoms with Gasteiger partial charge in [-0.05, 0) is 62.4 Å². The number of sulfonamides is 1. The van der Waals surface area contributed by atoms with Gasteiger partial charge in [-0.25, -0.2) is 13.1 Å². The molecule has 2 aliphatic heterocycles. The van der Waals surface area contributed by atoms with Crippen LogP contribution in [0.3, 0.4) is 0 Å². The van der Waals surface area contributed by atoms with E-state index in [1.807, 2.05) is 43.0 Å². The fourth-order valence-corrected chi connectivity index (χ4v) is 7.14. The highest BCUT2D eigenvalue weighted by Crippen LogP contribution is 2.30. The fraction of sp³-hybridized carbons (Fsp3) is 0.400. The van der Waals surface area contributed by atoms with E-state index < -0.39 is 10.0 Å². The number of nitrogens with zero attached hydrogens (tertiary/aromatic N) is 1. The van der Waals surface area contributed by atoms with Crippen LogP contribution in [0.15, 0.2) is 65.6 Å². The maximum atomic E-state index is 13.6. The van der Waals surface area contributed by atoms with E-state index in [1.54, 1.807) is 36.4 Å². The minimum atomic E-state index is -3.86. The molecular formula is C30H38N4O4S. The Morgan fingerprint density at radius 3 is 2.44 bits per heavy atom. The Kier molecular flexibility index (Phi) is 8.73. The number of aryl methyl sites for hydroxylation is 1. The first-order valence-electron chi connectivity index (χ1n) is 13.2. The molecule has 9 heteroatoms. The van der Waals surface area contributed by atoms with Gasteiger partial charge in [0.05, 0.1) is 10.9 Å². The lowest BCUT2D eigenvalue weighted by Gasteiger charge is -2.38. The van der Waals surface area contributed by atoms with Gasteiger partial charge in [-0.2, -0.15) is 0 Å². The molecule has 0 spiro atoms. The van der Waals surface area contributed by atoms with Crippen molar-refractivity contribution in [2.24, 2.45) is 5.92 Å². The molecule has 0 aliphatic carbocycles. The highest BCUT2D eigenvalue weighted by atomic mass is 32.2. The molecule has 3 aromatic carbocycles. The summed E-state index contributed by atoms with van der Waals surface area (Å²) in [6.07, 6.45) is 2.42. The highest BCUT2D eigenvalue weighted by Gasteiger charge is 2.35. The fourth-order valence-electron chi connectivity index (χ4n) is 5.54. The predicted octanol–water partition coefficient (Wildman–Crippen LogP) is 4.30. The summed E-state index contributed by atoms with van der Waals surface area (Å²) >= 11 is 0. The largest absolute Gasteiger partial charge is 0.341 e. The van der Waals surface area contributed by atoms with Gasteiger partial charge in [0.15, 0.2) is 0 Å². The number of likely N-dealkylation sites (tertiary alicyclic amines) is 1. The van der Waals surface area contributed by atoms with Crippen LogP contribution in [0.1, 0.15) is 49.5 Å². The van der Waals surface area contributed by atoms with Gasteiger partial charge in [0.2, 0.25) is 15.9 Å². The smallest absolute Gasteiger partial charge is 0.255 e. The van der Waals surface area contributed by atoms with Crippen LogP contribution in [-0.2, 0) is 14.8 Å². The molecule has 2 amide bonds. The van der Waals surface area contributed by atoms with Crippen LogP contribution in [0.25, 0.3) is 10.8 Å². The van der Waals surface area contributed by atoms with Crippen molar-refractivity contribution in [3.63, 3.8) is 0 Å². The molecule has 3 aromatic rings. The Balaban J connectivity index is 0.00000353. The molecule has 0 aromatic heterocycles. The third-order valence-electron chi connectivity index (χ3n) is 7.69. The van der Waals surface area contributed by atoms with Crippen LogP contribution in [-0.4, -0.2) is 56.9 Å². The standard InChI is InChI=1S/C29H34N4O4S.CH4/c1-19-8-3-4-9-21(19)28(34)31-25-12-5-11-23-22(25)10-6-14-27(23)38(36,37)32-24-15-17-33(18-20(24)2)29(35)26-13-7-16-30-26;/h3-6,8-12,14,20,24,26,30,32H,7,13,15-18H2,1-2H3,(H,31,34);1H4/t20-,24-,26-;/m0./s1. The van der Waals surface area contributed by atoms with Crippen LogP contribution in [0.2, 0.25) is 0 Å². The lowest BCUT2D eigenvalue weighted by atomic mass is 9.94. The zero-order chi connectivity index (χ0) is 26.9. The van der Waals surface area contributed by atoms with Crippen LogP contribution in [0, 0.1) is 12.8 Å². The van der Waals surface area contributed by atoms with E-state index in [0.717, 1.165) is 24.9 Å². The molecular weight excluding hydrogens is 512 g/mol. The average molecular weight is 551 g/mol. The first-order chi connectivity index (χ1) is 18.2. The van der Waals surface area contributed by atoms with E-state index in [4.69, 9.17) is 0 Å². The summed E-state index contributed by atoms with van der Waals surface area (Å²) in [4.78, 5) is 27.8. The minimum Gasteiger partial charge on any atom is -0.341 e. The number of fused-ring (bicyclic) bond motifs is 1. The van der Waals surface area contributed by atoms with Gasteiger partial charge in [-0.3, -0.25) is 9.59 Å².